The third-order valence-corrected chi connectivity index (χ3v) is 5.95. The van der Waals surface area contributed by atoms with E-state index in [-0.39, 0.29) is 6.10 Å². The molecule has 138 valence electrons. The molecule has 4 nitrogen and oxygen atoms in total. The van der Waals surface area contributed by atoms with Gasteiger partial charge in [-0.15, -0.1) is 0 Å². The van der Waals surface area contributed by atoms with Crippen molar-refractivity contribution in [3.63, 3.8) is 0 Å². The van der Waals surface area contributed by atoms with E-state index in [0.29, 0.717) is 17.9 Å². The summed E-state index contributed by atoms with van der Waals surface area (Å²) in [6, 6.07) is 15.8. The summed E-state index contributed by atoms with van der Waals surface area (Å²) >= 11 is 0. The van der Waals surface area contributed by atoms with Gasteiger partial charge in [-0.2, -0.15) is 0 Å². The highest BCUT2D eigenvalue weighted by Crippen LogP contribution is 2.42. The second-order valence-electron chi connectivity index (χ2n) is 7.75. The van der Waals surface area contributed by atoms with Crippen molar-refractivity contribution >= 4 is 5.82 Å². The van der Waals surface area contributed by atoms with Crippen molar-refractivity contribution in [1.29, 1.82) is 0 Å². The summed E-state index contributed by atoms with van der Waals surface area (Å²) < 4.78 is 5.61. The molecule has 4 rings (SSSR count). The lowest BCUT2D eigenvalue weighted by molar-refractivity contribution is 0.0529. The maximum Gasteiger partial charge on any atom is 0.128 e. The molecular weight excluding hydrogens is 322 g/mol. The van der Waals surface area contributed by atoms with Crippen molar-refractivity contribution in [1.82, 2.24) is 10.3 Å². The van der Waals surface area contributed by atoms with Gasteiger partial charge in [-0.05, 0) is 42.4 Å². The van der Waals surface area contributed by atoms with Gasteiger partial charge in [-0.25, -0.2) is 4.98 Å². The third kappa shape index (κ3) is 3.76. The molecule has 1 aliphatic heterocycles. The van der Waals surface area contributed by atoms with E-state index in [1.807, 2.05) is 6.20 Å². The molecule has 0 amide bonds. The number of morpholine rings is 1. The largest absolute Gasteiger partial charge is 0.375 e. The number of anilines is 1. The van der Waals surface area contributed by atoms with Gasteiger partial charge in [0.05, 0.1) is 12.7 Å². The van der Waals surface area contributed by atoms with Crippen LogP contribution in [0.1, 0.15) is 37.3 Å². The SMILES string of the molecule is C[C@H]1[C@H](NCc2ccc(N3CCO[C@H](C)C3)nc2)C[C@H]1c1ccccc1. The Morgan fingerprint density at radius 3 is 2.69 bits per heavy atom. The fourth-order valence-corrected chi connectivity index (χ4v) is 4.18. The normalized spacial score (nSPS) is 28.6. The van der Waals surface area contributed by atoms with E-state index >= 15 is 0 Å². The van der Waals surface area contributed by atoms with Gasteiger partial charge in [0.2, 0.25) is 0 Å². The van der Waals surface area contributed by atoms with Gasteiger partial charge in [-0.1, -0.05) is 43.3 Å². The number of nitrogens with zero attached hydrogens (tertiary/aromatic N) is 2. The molecule has 1 saturated carbocycles. The lowest BCUT2D eigenvalue weighted by Crippen LogP contribution is -2.47. The minimum absolute atomic E-state index is 0.282. The molecule has 2 heterocycles. The lowest BCUT2D eigenvalue weighted by Gasteiger charge is -2.44. The minimum atomic E-state index is 0.282. The van der Waals surface area contributed by atoms with Gasteiger partial charge in [0, 0.05) is 31.9 Å². The van der Waals surface area contributed by atoms with E-state index in [9.17, 15) is 0 Å². The zero-order valence-electron chi connectivity index (χ0n) is 15.8. The number of hydrogen-bond donors (Lipinski definition) is 1. The van der Waals surface area contributed by atoms with E-state index < -0.39 is 0 Å². The predicted molar refractivity (Wildman–Crippen MR) is 105 cm³/mol. The molecule has 2 aromatic rings. The van der Waals surface area contributed by atoms with Crippen LogP contribution in [-0.2, 0) is 11.3 Å². The van der Waals surface area contributed by atoms with Crippen LogP contribution in [0.25, 0.3) is 0 Å². The number of nitrogens with one attached hydrogen (secondary N) is 1. The van der Waals surface area contributed by atoms with Gasteiger partial charge in [0.15, 0.2) is 0 Å². The van der Waals surface area contributed by atoms with Gasteiger partial charge in [0.25, 0.3) is 0 Å². The Hall–Kier alpha value is -1.91. The van der Waals surface area contributed by atoms with Crippen LogP contribution in [0.15, 0.2) is 48.7 Å². The maximum atomic E-state index is 5.61. The van der Waals surface area contributed by atoms with Gasteiger partial charge < -0.3 is 15.0 Å². The average molecular weight is 351 g/mol. The Kier molecular flexibility index (Phi) is 5.23. The van der Waals surface area contributed by atoms with Gasteiger partial charge in [0.1, 0.15) is 5.82 Å². The fraction of sp³-hybridized carbons (Fsp3) is 0.500. The summed E-state index contributed by atoms with van der Waals surface area (Å²) in [7, 11) is 0. The number of hydrogen-bond acceptors (Lipinski definition) is 4. The Morgan fingerprint density at radius 1 is 1.15 bits per heavy atom. The Bertz CT molecular complexity index is 703. The molecule has 26 heavy (non-hydrogen) atoms. The van der Waals surface area contributed by atoms with Crippen LogP contribution in [0, 0.1) is 5.92 Å². The number of rotatable bonds is 5. The molecule has 4 atom stereocenters. The predicted octanol–water partition coefficient (Wildman–Crippen LogP) is 3.59. The van der Waals surface area contributed by atoms with Gasteiger partial charge >= 0.3 is 0 Å². The van der Waals surface area contributed by atoms with E-state index in [1.165, 1.54) is 17.5 Å². The van der Waals surface area contributed by atoms with Crippen LogP contribution in [0.4, 0.5) is 5.82 Å². The van der Waals surface area contributed by atoms with Crippen LogP contribution in [0.2, 0.25) is 0 Å². The first kappa shape index (κ1) is 17.5. The molecule has 0 unspecified atom stereocenters. The Morgan fingerprint density at radius 2 is 2.00 bits per heavy atom. The summed E-state index contributed by atoms with van der Waals surface area (Å²) in [6.07, 6.45) is 3.52. The van der Waals surface area contributed by atoms with Crippen molar-refractivity contribution in [2.45, 2.75) is 44.9 Å². The fourth-order valence-electron chi connectivity index (χ4n) is 4.18. The molecule has 0 radical (unpaired) electrons. The molecule has 2 aliphatic rings. The van der Waals surface area contributed by atoms with Crippen LogP contribution < -0.4 is 10.2 Å². The minimum Gasteiger partial charge on any atom is -0.375 e. The van der Waals surface area contributed by atoms with Crippen LogP contribution in [0.5, 0.6) is 0 Å². The highest BCUT2D eigenvalue weighted by atomic mass is 16.5. The average Bonchev–Trinajstić information content (AvgIpc) is 2.68. The van der Waals surface area contributed by atoms with E-state index in [0.717, 1.165) is 32.1 Å². The van der Waals surface area contributed by atoms with Crippen molar-refractivity contribution in [3.8, 4) is 0 Å². The summed E-state index contributed by atoms with van der Waals surface area (Å²) in [6.45, 7) is 8.00. The first-order valence-electron chi connectivity index (χ1n) is 9.80. The van der Waals surface area contributed by atoms with Crippen LogP contribution in [0.3, 0.4) is 0 Å². The molecule has 1 N–H and O–H groups in total. The first-order valence-corrected chi connectivity index (χ1v) is 9.80. The lowest BCUT2D eigenvalue weighted by atomic mass is 9.67. The third-order valence-electron chi connectivity index (χ3n) is 5.95. The van der Waals surface area contributed by atoms with E-state index in [4.69, 9.17) is 4.74 Å². The molecule has 0 bridgehead atoms. The highest BCUT2D eigenvalue weighted by Gasteiger charge is 2.37. The molecule has 2 fully saturated rings. The summed E-state index contributed by atoms with van der Waals surface area (Å²) in [5, 5.41) is 3.72. The van der Waals surface area contributed by atoms with Crippen molar-refractivity contribution < 1.29 is 4.74 Å². The second kappa shape index (κ2) is 7.77. The van der Waals surface area contributed by atoms with E-state index in [1.54, 1.807) is 0 Å². The van der Waals surface area contributed by atoms with Crippen LogP contribution >= 0.6 is 0 Å². The molecule has 1 aliphatic carbocycles. The topological polar surface area (TPSA) is 37.4 Å². The zero-order chi connectivity index (χ0) is 17.9. The zero-order valence-corrected chi connectivity index (χ0v) is 15.8. The Balaban J connectivity index is 1.28. The molecule has 1 aromatic heterocycles. The molecule has 1 saturated heterocycles. The molecule has 0 spiro atoms. The maximum absolute atomic E-state index is 5.61. The standard InChI is InChI=1S/C22H29N3O/c1-16-15-25(10-11-26-16)22-9-8-18(14-24-22)13-23-21-12-20(17(21)2)19-6-4-3-5-7-19/h3-9,14,16-17,20-21,23H,10-13,15H2,1-2H3/t16-,17-,20-,21-/m1/s1. The summed E-state index contributed by atoms with van der Waals surface area (Å²) in [5.74, 6) is 2.43. The summed E-state index contributed by atoms with van der Waals surface area (Å²) in [5.41, 5.74) is 2.73. The van der Waals surface area contributed by atoms with E-state index in [2.05, 4.69) is 71.5 Å². The van der Waals surface area contributed by atoms with Crippen molar-refractivity contribution in [2.24, 2.45) is 5.92 Å². The Labute approximate surface area is 156 Å². The number of aromatic nitrogens is 1. The monoisotopic (exact) mass is 351 g/mol. The van der Waals surface area contributed by atoms with Crippen LogP contribution in [-0.4, -0.2) is 36.8 Å². The highest BCUT2D eigenvalue weighted by molar-refractivity contribution is 5.40. The van der Waals surface area contributed by atoms with Crippen molar-refractivity contribution in [2.75, 3.05) is 24.6 Å². The molecule has 1 aromatic carbocycles. The molecular formula is C22H29N3O. The number of pyridine rings is 1. The number of benzene rings is 1. The van der Waals surface area contributed by atoms with Crippen molar-refractivity contribution in [3.05, 3.63) is 59.8 Å². The number of ether oxygens (including phenoxy) is 1. The van der Waals surface area contributed by atoms with Gasteiger partial charge in [-0.3, -0.25) is 0 Å². The smallest absolute Gasteiger partial charge is 0.128 e. The first-order chi connectivity index (χ1) is 12.7. The molecule has 4 heteroatoms. The quantitative estimate of drug-likeness (QED) is 0.893. The summed E-state index contributed by atoms with van der Waals surface area (Å²) in [4.78, 5) is 6.98. The second-order valence-corrected chi connectivity index (χ2v) is 7.75.